The molecule has 3 heteroatoms. The molecule has 1 fully saturated rings. The van der Waals surface area contributed by atoms with E-state index in [0.29, 0.717) is 12.1 Å². The van der Waals surface area contributed by atoms with Crippen LogP contribution in [0.5, 0.6) is 0 Å². The van der Waals surface area contributed by atoms with Gasteiger partial charge in [0.2, 0.25) is 0 Å². The first-order valence-corrected chi connectivity index (χ1v) is 5.57. The number of rotatable bonds is 4. The number of ether oxygens (including phenoxy) is 1. The Morgan fingerprint density at radius 3 is 2.64 bits per heavy atom. The topological polar surface area (TPSA) is 38.5 Å². The van der Waals surface area contributed by atoms with E-state index in [4.69, 9.17) is 10.5 Å². The minimum absolute atomic E-state index is 0.0724. The number of hydrogen-bond donors (Lipinski definition) is 1. The third kappa shape index (κ3) is 2.94. The molecule has 0 aliphatic carbocycles. The maximum absolute atomic E-state index is 6.15. The zero-order chi connectivity index (χ0) is 10.8. The van der Waals surface area contributed by atoms with E-state index in [0.717, 1.165) is 26.0 Å². The molecular formula is C11H24N2O. The van der Waals surface area contributed by atoms with E-state index in [2.05, 4.69) is 32.7 Å². The molecule has 84 valence electrons. The van der Waals surface area contributed by atoms with Crippen LogP contribution in [0, 0.1) is 0 Å². The zero-order valence-corrected chi connectivity index (χ0v) is 9.92. The van der Waals surface area contributed by atoms with Crippen molar-refractivity contribution >= 4 is 0 Å². The summed E-state index contributed by atoms with van der Waals surface area (Å²) in [7, 11) is 2.15. The average Bonchev–Trinajstić information content (AvgIpc) is 2.51. The summed E-state index contributed by atoms with van der Waals surface area (Å²) < 4.78 is 5.55. The van der Waals surface area contributed by atoms with E-state index < -0.39 is 0 Å². The van der Waals surface area contributed by atoms with Gasteiger partial charge in [0, 0.05) is 24.7 Å². The van der Waals surface area contributed by atoms with Crippen LogP contribution in [0.25, 0.3) is 0 Å². The van der Waals surface area contributed by atoms with E-state index in [1.54, 1.807) is 0 Å². The molecule has 1 aliphatic heterocycles. The van der Waals surface area contributed by atoms with Crippen molar-refractivity contribution in [2.45, 2.75) is 51.3 Å². The molecule has 0 radical (unpaired) electrons. The lowest BCUT2D eigenvalue weighted by Crippen LogP contribution is -2.50. The lowest BCUT2D eigenvalue weighted by atomic mass is 9.98. The van der Waals surface area contributed by atoms with Crippen molar-refractivity contribution in [3.8, 4) is 0 Å². The molecule has 0 aromatic carbocycles. The predicted molar refractivity (Wildman–Crippen MR) is 59.3 cm³/mol. The molecule has 0 bridgehead atoms. The SMILES string of the molecule is CCC(C)(N)CN(C)C1CCOC1C. The van der Waals surface area contributed by atoms with Gasteiger partial charge in [0.15, 0.2) is 0 Å². The molecule has 3 atom stereocenters. The summed E-state index contributed by atoms with van der Waals surface area (Å²) in [5.41, 5.74) is 6.08. The molecule has 3 unspecified atom stereocenters. The van der Waals surface area contributed by atoms with Gasteiger partial charge in [0.05, 0.1) is 6.10 Å². The van der Waals surface area contributed by atoms with Gasteiger partial charge in [-0.25, -0.2) is 0 Å². The summed E-state index contributed by atoms with van der Waals surface area (Å²) in [6, 6.07) is 0.546. The molecule has 1 aliphatic rings. The maximum Gasteiger partial charge on any atom is 0.0702 e. The monoisotopic (exact) mass is 200 g/mol. The molecule has 1 saturated heterocycles. The van der Waals surface area contributed by atoms with Crippen LogP contribution in [-0.4, -0.2) is 42.8 Å². The molecule has 3 nitrogen and oxygen atoms in total. The molecule has 0 aromatic rings. The predicted octanol–water partition coefficient (Wildman–Crippen LogP) is 1.22. The minimum Gasteiger partial charge on any atom is -0.377 e. The average molecular weight is 200 g/mol. The van der Waals surface area contributed by atoms with Gasteiger partial charge in [0.25, 0.3) is 0 Å². The lowest BCUT2D eigenvalue weighted by Gasteiger charge is -2.34. The Labute approximate surface area is 87.6 Å². The van der Waals surface area contributed by atoms with Gasteiger partial charge in [-0.3, -0.25) is 4.90 Å². The van der Waals surface area contributed by atoms with Crippen LogP contribution >= 0.6 is 0 Å². The molecule has 1 heterocycles. The van der Waals surface area contributed by atoms with Crippen LogP contribution in [0.3, 0.4) is 0 Å². The maximum atomic E-state index is 6.15. The van der Waals surface area contributed by atoms with Crippen LogP contribution in [0.2, 0.25) is 0 Å². The van der Waals surface area contributed by atoms with Gasteiger partial charge in [-0.05, 0) is 33.7 Å². The summed E-state index contributed by atoms with van der Waals surface area (Å²) in [5, 5.41) is 0. The Kier molecular flexibility index (Phi) is 3.93. The van der Waals surface area contributed by atoms with Gasteiger partial charge in [-0.2, -0.15) is 0 Å². The largest absolute Gasteiger partial charge is 0.377 e. The van der Waals surface area contributed by atoms with Crippen LogP contribution in [0.4, 0.5) is 0 Å². The highest BCUT2D eigenvalue weighted by Gasteiger charge is 2.30. The third-order valence-corrected chi connectivity index (χ3v) is 3.32. The number of hydrogen-bond acceptors (Lipinski definition) is 3. The van der Waals surface area contributed by atoms with Gasteiger partial charge < -0.3 is 10.5 Å². The first kappa shape index (κ1) is 12.0. The van der Waals surface area contributed by atoms with Crippen molar-refractivity contribution in [1.29, 1.82) is 0 Å². The number of nitrogens with zero attached hydrogens (tertiary/aromatic N) is 1. The van der Waals surface area contributed by atoms with Crippen molar-refractivity contribution < 1.29 is 4.74 Å². The van der Waals surface area contributed by atoms with Crippen molar-refractivity contribution in [2.24, 2.45) is 5.73 Å². The lowest BCUT2D eigenvalue weighted by molar-refractivity contribution is 0.0762. The molecule has 14 heavy (non-hydrogen) atoms. The van der Waals surface area contributed by atoms with Crippen molar-refractivity contribution in [3.63, 3.8) is 0 Å². The zero-order valence-electron chi connectivity index (χ0n) is 9.92. The normalized spacial score (nSPS) is 32.1. The molecule has 1 rings (SSSR count). The summed E-state index contributed by atoms with van der Waals surface area (Å²) in [6.45, 7) is 8.24. The molecule has 2 N–H and O–H groups in total. The van der Waals surface area contributed by atoms with E-state index in [1.807, 2.05) is 0 Å². The molecule has 0 saturated carbocycles. The Balaban J connectivity index is 2.45. The Morgan fingerprint density at radius 2 is 2.21 bits per heavy atom. The van der Waals surface area contributed by atoms with Crippen LogP contribution in [0.1, 0.15) is 33.6 Å². The van der Waals surface area contributed by atoms with Gasteiger partial charge >= 0.3 is 0 Å². The Bertz CT molecular complexity index is 182. The number of likely N-dealkylation sites (N-methyl/N-ethyl adjacent to an activating group) is 1. The number of nitrogens with two attached hydrogens (primary N) is 1. The fourth-order valence-corrected chi connectivity index (χ4v) is 2.10. The highest BCUT2D eigenvalue weighted by atomic mass is 16.5. The molecule has 0 spiro atoms. The minimum atomic E-state index is -0.0724. The molecule has 0 amide bonds. The standard InChI is InChI=1S/C11H24N2O/c1-5-11(3,12)8-13(4)10-6-7-14-9(10)2/h9-10H,5-8,12H2,1-4H3. The smallest absolute Gasteiger partial charge is 0.0702 e. The highest BCUT2D eigenvalue weighted by molar-refractivity contribution is 4.87. The highest BCUT2D eigenvalue weighted by Crippen LogP contribution is 2.20. The Hall–Kier alpha value is -0.120. The first-order valence-electron chi connectivity index (χ1n) is 5.57. The first-order chi connectivity index (χ1) is 6.46. The molecular weight excluding hydrogens is 176 g/mol. The van der Waals surface area contributed by atoms with E-state index in [-0.39, 0.29) is 5.54 Å². The molecule has 0 aromatic heterocycles. The van der Waals surface area contributed by atoms with Gasteiger partial charge in [-0.1, -0.05) is 6.92 Å². The van der Waals surface area contributed by atoms with E-state index in [1.165, 1.54) is 0 Å². The van der Waals surface area contributed by atoms with Gasteiger partial charge in [-0.15, -0.1) is 0 Å². The van der Waals surface area contributed by atoms with Crippen molar-refractivity contribution in [3.05, 3.63) is 0 Å². The summed E-state index contributed by atoms with van der Waals surface area (Å²) in [4.78, 5) is 2.35. The fourth-order valence-electron chi connectivity index (χ4n) is 2.10. The second-order valence-electron chi connectivity index (χ2n) is 4.85. The van der Waals surface area contributed by atoms with Crippen LogP contribution < -0.4 is 5.73 Å². The quantitative estimate of drug-likeness (QED) is 0.741. The van der Waals surface area contributed by atoms with Crippen molar-refractivity contribution in [2.75, 3.05) is 20.2 Å². The van der Waals surface area contributed by atoms with Crippen LogP contribution in [0.15, 0.2) is 0 Å². The van der Waals surface area contributed by atoms with Crippen LogP contribution in [-0.2, 0) is 4.74 Å². The van der Waals surface area contributed by atoms with E-state index in [9.17, 15) is 0 Å². The van der Waals surface area contributed by atoms with E-state index >= 15 is 0 Å². The third-order valence-electron chi connectivity index (χ3n) is 3.32. The summed E-state index contributed by atoms with van der Waals surface area (Å²) in [5.74, 6) is 0. The Morgan fingerprint density at radius 1 is 1.57 bits per heavy atom. The van der Waals surface area contributed by atoms with Crippen molar-refractivity contribution in [1.82, 2.24) is 4.90 Å². The van der Waals surface area contributed by atoms with Gasteiger partial charge in [0.1, 0.15) is 0 Å². The summed E-state index contributed by atoms with van der Waals surface area (Å²) >= 11 is 0. The summed E-state index contributed by atoms with van der Waals surface area (Å²) in [6.07, 6.45) is 2.50. The second-order valence-corrected chi connectivity index (χ2v) is 4.85. The second kappa shape index (κ2) is 4.60. The fraction of sp³-hybridized carbons (Fsp3) is 1.00.